The van der Waals surface area contributed by atoms with E-state index in [-0.39, 0.29) is 25.0 Å². The summed E-state index contributed by atoms with van der Waals surface area (Å²) < 4.78 is 53.7. The van der Waals surface area contributed by atoms with Gasteiger partial charge in [0, 0.05) is 41.6 Å². The molecule has 4 saturated heterocycles. The normalized spacial score (nSPS) is 53.9. The molecular weight excluding hydrogens is 676 g/mol. The zero-order chi connectivity index (χ0) is 36.9. The molecule has 2 bridgehead atoms. The lowest BCUT2D eigenvalue weighted by Crippen LogP contribution is -2.85. The van der Waals surface area contributed by atoms with Crippen LogP contribution < -0.4 is 0 Å². The minimum atomic E-state index is -2.82. The van der Waals surface area contributed by atoms with Gasteiger partial charge in [-0.25, -0.2) is 14.4 Å². The Kier molecular flexibility index (Phi) is 7.20. The predicted octanol–water partition coefficient (Wildman–Crippen LogP) is -0.203. The molecule has 16 heteroatoms. The topological polar surface area (TPSA) is 215 Å². The summed E-state index contributed by atoms with van der Waals surface area (Å²) in [6.07, 6.45) is -2.24. The van der Waals surface area contributed by atoms with E-state index in [2.05, 4.69) is 0 Å². The maximum atomic E-state index is 14.8. The van der Waals surface area contributed by atoms with E-state index in [1.165, 1.54) is 19.3 Å². The van der Waals surface area contributed by atoms with Gasteiger partial charge in [-0.2, -0.15) is 0 Å². The third-order valence-electron chi connectivity index (χ3n) is 14.2. The van der Waals surface area contributed by atoms with Crippen molar-refractivity contribution in [2.24, 2.45) is 34.5 Å². The first-order chi connectivity index (χ1) is 24.0. The second kappa shape index (κ2) is 10.5. The van der Waals surface area contributed by atoms with Crippen molar-refractivity contribution < 1.29 is 77.1 Å². The molecule has 8 rings (SSSR count). The largest absolute Gasteiger partial charge is 0.469 e. The van der Waals surface area contributed by atoms with E-state index in [0.29, 0.717) is 0 Å². The molecule has 5 heterocycles. The van der Waals surface area contributed by atoms with Gasteiger partial charge in [0.15, 0.2) is 11.2 Å². The number of carbonyl (C=O) groups excluding carboxylic acids is 4. The molecule has 16 nitrogen and oxygen atoms in total. The van der Waals surface area contributed by atoms with Crippen LogP contribution in [0.4, 0.5) is 0 Å². The van der Waals surface area contributed by atoms with Crippen LogP contribution >= 0.6 is 0 Å². The number of hydrogen-bond acceptors (Lipinski definition) is 16. The molecule has 7 fully saturated rings. The molecule has 280 valence electrons. The monoisotopic (exact) mass is 720 g/mol. The number of esters is 4. The lowest BCUT2D eigenvalue weighted by Gasteiger charge is -2.68. The highest BCUT2D eigenvalue weighted by molar-refractivity contribution is 5.88. The SMILES string of the molecule is C/C=C(\C)C(=O)O[C@@H]1OC[C@]23C1C[C@@H](OC(C)=O)[C@@]1(C(=O)OC)OC[C@H]([C@H](O)[C@](C)([C@]45O[C@@]4(C)[C@H]4C[C@@H]5O[C@@H]5OC=C[C@@]54O)[C@@]2(O)C(=O)OC)[C@@H]13. The molecule has 0 aromatic heterocycles. The Balaban J connectivity index is 1.38. The quantitative estimate of drug-likeness (QED) is 0.140. The molecule has 1 unspecified atom stereocenters. The summed E-state index contributed by atoms with van der Waals surface area (Å²) >= 11 is 0. The van der Waals surface area contributed by atoms with Gasteiger partial charge in [0.25, 0.3) is 0 Å². The fourth-order valence-electron chi connectivity index (χ4n) is 12.2. The van der Waals surface area contributed by atoms with Gasteiger partial charge >= 0.3 is 23.9 Å². The lowest BCUT2D eigenvalue weighted by atomic mass is 9.35. The lowest BCUT2D eigenvalue weighted by molar-refractivity contribution is -0.333. The van der Waals surface area contributed by atoms with Crippen molar-refractivity contribution in [2.75, 3.05) is 27.4 Å². The minimum Gasteiger partial charge on any atom is -0.469 e. The number of aliphatic hydroxyl groups excluding tert-OH is 1. The van der Waals surface area contributed by atoms with Crippen LogP contribution in [-0.4, -0.2) is 126 Å². The molecule has 0 aromatic carbocycles. The average Bonchev–Trinajstić information content (AvgIpc) is 3.50. The molecule has 5 aliphatic heterocycles. The zero-order valence-corrected chi connectivity index (χ0v) is 29.4. The van der Waals surface area contributed by atoms with Gasteiger partial charge in [0.2, 0.25) is 18.2 Å². The van der Waals surface area contributed by atoms with Crippen molar-refractivity contribution in [3.05, 3.63) is 24.0 Å². The molecule has 8 aliphatic rings. The van der Waals surface area contributed by atoms with Crippen LogP contribution in [0, 0.1) is 34.5 Å². The fourth-order valence-corrected chi connectivity index (χ4v) is 12.2. The minimum absolute atomic E-state index is 0.220. The van der Waals surface area contributed by atoms with E-state index >= 15 is 0 Å². The Morgan fingerprint density at radius 1 is 1.00 bits per heavy atom. The molecule has 3 aliphatic carbocycles. The Labute approximate surface area is 293 Å². The first kappa shape index (κ1) is 34.9. The number of rotatable bonds is 6. The number of fused-ring (bicyclic) bond motifs is 7. The van der Waals surface area contributed by atoms with Crippen LogP contribution in [0.2, 0.25) is 0 Å². The first-order valence-electron chi connectivity index (χ1n) is 17.2. The van der Waals surface area contributed by atoms with Crippen molar-refractivity contribution in [3.63, 3.8) is 0 Å². The zero-order valence-electron chi connectivity index (χ0n) is 29.4. The summed E-state index contributed by atoms with van der Waals surface area (Å²) in [5, 5.41) is 38.5. The van der Waals surface area contributed by atoms with Crippen LogP contribution in [0.25, 0.3) is 0 Å². The van der Waals surface area contributed by atoms with Crippen molar-refractivity contribution in [2.45, 2.75) is 106 Å². The van der Waals surface area contributed by atoms with Gasteiger partial charge in [-0.1, -0.05) is 13.0 Å². The number of methoxy groups -OCH3 is 2. The van der Waals surface area contributed by atoms with Gasteiger partial charge in [-0.3, -0.25) is 4.79 Å². The molecule has 16 atom stereocenters. The van der Waals surface area contributed by atoms with Gasteiger partial charge in [0.1, 0.15) is 17.3 Å². The first-order valence-corrected chi connectivity index (χ1v) is 17.2. The van der Waals surface area contributed by atoms with E-state index in [1.54, 1.807) is 26.8 Å². The molecule has 1 spiro atoms. The Bertz CT molecular complexity index is 1660. The highest BCUT2D eigenvalue weighted by Gasteiger charge is 2.99. The van der Waals surface area contributed by atoms with Crippen molar-refractivity contribution in [1.29, 1.82) is 0 Å². The third kappa shape index (κ3) is 3.52. The third-order valence-corrected chi connectivity index (χ3v) is 14.2. The second-order valence-corrected chi connectivity index (χ2v) is 15.6. The van der Waals surface area contributed by atoms with Crippen molar-refractivity contribution in [1.82, 2.24) is 0 Å². The predicted molar refractivity (Wildman–Crippen MR) is 164 cm³/mol. The fraction of sp³-hybridized carbons (Fsp3) is 0.771. The summed E-state index contributed by atoms with van der Waals surface area (Å²) in [5.74, 6) is -7.86. The van der Waals surface area contributed by atoms with Crippen molar-refractivity contribution >= 4 is 23.9 Å². The van der Waals surface area contributed by atoms with E-state index < -0.39 is 124 Å². The smallest absolute Gasteiger partial charge is 0.342 e. The van der Waals surface area contributed by atoms with Crippen LogP contribution in [-0.2, 0) is 61.8 Å². The number of epoxide rings is 1. The van der Waals surface area contributed by atoms with Gasteiger partial charge < -0.3 is 58.0 Å². The van der Waals surface area contributed by atoms with E-state index in [4.69, 9.17) is 42.6 Å². The molecule has 0 amide bonds. The number of allylic oxidation sites excluding steroid dienone is 1. The Morgan fingerprint density at radius 3 is 2.35 bits per heavy atom. The molecule has 0 radical (unpaired) electrons. The van der Waals surface area contributed by atoms with Gasteiger partial charge in [-0.15, -0.1) is 0 Å². The number of aliphatic hydroxyl groups is 3. The average molecular weight is 721 g/mol. The molecule has 3 N–H and O–H groups in total. The molecule has 3 saturated carbocycles. The maximum Gasteiger partial charge on any atom is 0.342 e. The number of ether oxygens (including phenoxy) is 9. The number of carbonyl (C=O) groups is 4. The summed E-state index contributed by atoms with van der Waals surface area (Å²) in [6, 6.07) is 0. The highest BCUT2D eigenvalue weighted by atomic mass is 16.7. The van der Waals surface area contributed by atoms with E-state index in [1.807, 2.05) is 0 Å². The molecule has 51 heavy (non-hydrogen) atoms. The standard InChI is InChI=1S/C35H44O16/c1-8-15(2)24(38)50-25-18-11-20(48-16(3)36)33(26(39)43-6)22-17(13-47-33)23(37)29(4,34(42,27(40)44-7)31(18,22)14-46-25)35-21-12-19(30(35,5)51-35)32(41)9-10-45-28(32)49-21/h8-10,17-23,25,28,37,41-42H,11-14H2,1-7H3/b15-8+/t17-,18?,19+,20+,21-,22+,23-,25-,28-,29-,30-,31+,32-,33+,34-,35-/m0/s1. The van der Waals surface area contributed by atoms with Crippen molar-refractivity contribution in [3.8, 4) is 0 Å². The Morgan fingerprint density at radius 2 is 1.71 bits per heavy atom. The summed E-state index contributed by atoms with van der Waals surface area (Å²) in [7, 11) is 2.20. The summed E-state index contributed by atoms with van der Waals surface area (Å²) in [4.78, 5) is 54.7. The van der Waals surface area contributed by atoms with E-state index in [0.717, 1.165) is 21.1 Å². The highest BCUT2D eigenvalue weighted by Crippen LogP contribution is 2.83. The number of hydrogen-bond donors (Lipinski definition) is 3. The van der Waals surface area contributed by atoms with Gasteiger partial charge in [0.05, 0.1) is 51.3 Å². The molecule has 0 aromatic rings. The van der Waals surface area contributed by atoms with Crippen LogP contribution in [0.1, 0.15) is 47.5 Å². The summed E-state index contributed by atoms with van der Waals surface area (Å²) in [5.41, 5.74) is -13.3. The Hall–Kier alpha value is -3.12. The molecular formula is C35H44O16. The summed E-state index contributed by atoms with van der Waals surface area (Å²) in [6.45, 7) is 6.81. The maximum absolute atomic E-state index is 14.8. The van der Waals surface area contributed by atoms with E-state index in [9.17, 15) is 34.5 Å². The second-order valence-electron chi connectivity index (χ2n) is 15.6. The van der Waals surface area contributed by atoms with Crippen LogP contribution in [0.15, 0.2) is 24.0 Å². The van der Waals surface area contributed by atoms with Gasteiger partial charge in [-0.05, 0) is 39.7 Å². The van der Waals surface area contributed by atoms with Crippen LogP contribution in [0.3, 0.4) is 0 Å². The van der Waals surface area contributed by atoms with Crippen LogP contribution in [0.5, 0.6) is 0 Å².